The van der Waals surface area contributed by atoms with E-state index >= 15 is 0 Å². The molecular formula is C20H20BrN3O3. The summed E-state index contributed by atoms with van der Waals surface area (Å²) in [5.41, 5.74) is 3.67. The van der Waals surface area contributed by atoms with Crippen molar-refractivity contribution < 1.29 is 14.3 Å². The molecule has 0 aliphatic rings. The van der Waals surface area contributed by atoms with Gasteiger partial charge in [-0.1, -0.05) is 6.07 Å². The fourth-order valence-electron chi connectivity index (χ4n) is 2.85. The van der Waals surface area contributed by atoms with Crippen molar-refractivity contribution in [1.29, 1.82) is 0 Å². The van der Waals surface area contributed by atoms with Crippen LogP contribution in [0, 0.1) is 13.8 Å². The predicted molar refractivity (Wildman–Crippen MR) is 107 cm³/mol. The minimum absolute atomic E-state index is 0.210. The van der Waals surface area contributed by atoms with E-state index in [-0.39, 0.29) is 12.0 Å². The number of aryl methyl sites for hydroxylation is 2. The molecule has 0 spiro atoms. The Labute approximate surface area is 165 Å². The zero-order chi connectivity index (χ0) is 19.7. The van der Waals surface area contributed by atoms with Gasteiger partial charge in [0.25, 0.3) is 5.91 Å². The molecule has 1 amide bonds. The number of amides is 1. The largest absolute Gasteiger partial charge is 0.459 e. The minimum Gasteiger partial charge on any atom is -0.459 e. The van der Waals surface area contributed by atoms with Crippen LogP contribution in [0.1, 0.15) is 46.0 Å². The zero-order valence-electron chi connectivity index (χ0n) is 15.5. The van der Waals surface area contributed by atoms with Crippen LogP contribution in [-0.2, 0) is 4.74 Å². The molecule has 3 aromatic rings. The van der Waals surface area contributed by atoms with Gasteiger partial charge in [0, 0.05) is 16.4 Å². The SMILES string of the molecule is Cc1nc2c(C)cc(Br)cn2c1C(=O)Nc1cccc(C(=O)OC(C)C)c1. The van der Waals surface area contributed by atoms with Crippen LogP contribution in [-0.4, -0.2) is 27.4 Å². The van der Waals surface area contributed by atoms with Gasteiger partial charge in [-0.15, -0.1) is 0 Å². The van der Waals surface area contributed by atoms with Crippen molar-refractivity contribution in [1.82, 2.24) is 9.38 Å². The Balaban J connectivity index is 1.92. The van der Waals surface area contributed by atoms with Gasteiger partial charge in [-0.25, -0.2) is 9.78 Å². The molecule has 27 heavy (non-hydrogen) atoms. The van der Waals surface area contributed by atoms with Gasteiger partial charge in [-0.2, -0.15) is 0 Å². The summed E-state index contributed by atoms with van der Waals surface area (Å²) < 4.78 is 7.82. The highest BCUT2D eigenvalue weighted by Crippen LogP contribution is 2.22. The molecule has 0 atom stereocenters. The van der Waals surface area contributed by atoms with Gasteiger partial charge in [-0.05, 0) is 73.5 Å². The first-order chi connectivity index (χ1) is 12.8. The molecule has 2 aromatic heterocycles. The van der Waals surface area contributed by atoms with E-state index < -0.39 is 5.97 Å². The summed E-state index contributed by atoms with van der Waals surface area (Å²) in [7, 11) is 0. The number of hydrogen-bond donors (Lipinski definition) is 1. The normalized spacial score (nSPS) is 11.0. The number of anilines is 1. The number of rotatable bonds is 4. The second-order valence-corrected chi connectivity index (χ2v) is 7.49. The van der Waals surface area contributed by atoms with Crippen molar-refractivity contribution in [2.24, 2.45) is 0 Å². The smallest absolute Gasteiger partial charge is 0.338 e. The van der Waals surface area contributed by atoms with Crippen molar-refractivity contribution in [3.05, 3.63) is 63.5 Å². The molecule has 0 aliphatic carbocycles. The molecule has 6 nitrogen and oxygen atoms in total. The minimum atomic E-state index is -0.424. The van der Waals surface area contributed by atoms with Crippen LogP contribution < -0.4 is 5.32 Å². The van der Waals surface area contributed by atoms with Gasteiger partial charge >= 0.3 is 5.97 Å². The number of imidazole rings is 1. The Morgan fingerprint density at radius 2 is 1.96 bits per heavy atom. The Bertz CT molecular complexity index is 1040. The summed E-state index contributed by atoms with van der Waals surface area (Å²) in [4.78, 5) is 29.5. The van der Waals surface area contributed by atoms with E-state index in [1.54, 1.807) is 49.4 Å². The van der Waals surface area contributed by atoms with Crippen LogP contribution in [0.25, 0.3) is 5.65 Å². The maximum atomic E-state index is 12.9. The van der Waals surface area contributed by atoms with Crippen LogP contribution in [0.2, 0.25) is 0 Å². The maximum Gasteiger partial charge on any atom is 0.338 e. The predicted octanol–water partition coefficient (Wildman–Crippen LogP) is 4.53. The quantitative estimate of drug-likeness (QED) is 0.618. The fourth-order valence-corrected chi connectivity index (χ4v) is 3.40. The molecule has 140 valence electrons. The van der Waals surface area contributed by atoms with E-state index in [2.05, 4.69) is 26.2 Å². The molecule has 1 aromatic carbocycles. The third-order valence-corrected chi connectivity index (χ3v) is 4.39. The van der Waals surface area contributed by atoms with Crippen molar-refractivity contribution >= 4 is 39.1 Å². The Hall–Kier alpha value is -2.67. The number of aromatic nitrogens is 2. The van der Waals surface area contributed by atoms with Gasteiger partial charge in [-0.3, -0.25) is 9.20 Å². The first kappa shape index (κ1) is 19.1. The first-order valence-corrected chi connectivity index (χ1v) is 9.32. The van der Waals surface area contributed by atoms with E-state index in [0.717, 1.165) is 15.7 Å². The summed E-state index contributed by atoms with van der Waals surface area (Å²) >= 11 is 3.46. The topological polar surface area (TPSA) is 72.7 Å². The first-order valence-electron chi connectivity index (χ1n) is 8.53. The highest BCUT2D eigenvalue weighted by atomic mass is 79.9. The lowest BCUT2D eigenvalue weighted by Crippen LogP contribution is -2.16. The number of hydrogen-bond acceptors (Lipinski definition) is 4. The number of halogens is 1. The average molecular weight is 430 g/mol. The highest BCUT2D eigenvalue weighted by Gasteiger charge is 2.19. The Morgan fingerprint density at radius 1 is 1.22 bits per heavy atom. The lowest BCUT2D eigenvalue weighted by molar-refractivity contribution is 0.0377. The molecule has 0 saturated carbocycles. The molecule has 7 heteroatoms. The molecule has 0 saturated heterocycles. The summed E-state index contributed by atoms with van der Waals surface area (Å²) in [6.45, 7) is 7.32. The third-order valence-electron chi connectivity index (χ3n) is 3.96. The fraction of sp³-hybridized carbons (Fsp3) is 0.250. The number of ether oxygens (including phenoxy) is 1. The van der Waals surface area contributed by atoms with E-state index in [0.29, 0.717) is 22.6 Å². The van der Waals surface area contributed by atoms with Gasteiger partial charge in [0.1, 0.15) is 11.3 Å². The molecule has 0 aliphatic heterocycles. The average Bonchev–Trinajstić information content (AvgIpc) is 2.91. The molecular weight excluding hydrogens is 410 g/mol. The molecule has 2 heterocycles. The van der Waals surface area contributed by atoms with E-state index in [9.17, 15) is 9.59 Å². The van der Waals surface area contributed by atoms with E-state index in [1.807, 2.05) is 19.2 Å². The maximum absolute atomic E-state index is 12.9. The second kappa shape index (κ2) is 7.52. The zero-order valence-corrected chi connectivity index (χ0v) is 17.1. The third kappa shape index (κ3) is 4.03. The number of carbonyl (C=O) groups excluding carboxylic acids is 2. The van der Waals surface area contributed by atoms with Crippen LogP contribution in [0.4, 0.5) is 5.69 Å². The van der Waals surface area contributed by atoms with Crippen molar-refractivity contribution in [3.63, 3.8) is 0 Å². The number of nitrogens with zero attached hydrogens (tertiary/aromatic N) is 2. The van der Waals surface area contributed by atoms with E-state index in [4.69, 9.17) is 4.74 Å². The molecule has 0 radical (unpaired) electrons. The summed E-state index contributed by atoms with van der Waals surface area (Å²) in [5, 5.41) is 2.84. The van der Waals surface area contributed by atoms with Crippen LogP contribution in [0.15, 0.2) is 41.0 Å². The van der Waals surface area contributed by atoms with Crippen molar-refractivity contribution in [2.75, 3.05) is 5.32 Å². The monoisotopic (exact) mass is 429 g/mol. The molecule has 3 rings (SSSR count). The van der Waals surface area contributed by atoms with Crippen LogP contribution in [0.5, 0.6) is 0 Å². The Morgan fingerprint density at radius 3 is 2.67 bits per heavy atom. The van der Waals surface area contributed by atoms with E-state index in [1.165, 1.54) is 0 Å². The lowest BCUT2D eigenvalue weighted by Gasteiger charge is -2.10. The van der Waals surface area contributed by atoms with Gasteiger partial charge in [0.2, 0.25) is 0 Å². The van der Waals surface area contributed by atoms with Gasteiger partial charge in [0.15, 0.2) is 0 Å². The summed E-state index contributed by atoms with van der Waals surface area (Å²) in [6, 6.07) is 8.63. The van der Waals surface area contributed by atoms with Gasteiger partial charge < -0.3 is 10.1 Å². The summed E-state index contributed by atoms with van der Waals surface area (Å²) in [5.74, 6) is -0.724. The van der Waals surface area contributed by atoms with Crippen LogP contribution >= 0.6 is 15.9 Å². The molecule has 0 bridgehead atoms. The number of carbonyl (C=O) groups is 2. The number of esters is 1. The summed E-state index contributed by atoms with van der Waals surface area (Å²) in [6.07, 6.45) is 1.60. The molecule has 0 unspecified atom stereocenters. The standard InChI is InChI=1S/C20H20BrN3O3/c1-11(2)27-20(26)14-6-5-7-16(9-14)23-19(25)17-13(4)22-18-12(3)8-15(21)10-24(17)18/h5-11H,1-4H3,(H,23,25). The van der Waals surface area contributed by atoms with Crippen molar-refractivity contribution in [2.45, 2.75) is 33.8 Å². The Kier molecular flexibility index (Phi) is 5.32. The number of nitrogens with one attached hydrogen (secondary N) is 1. The molecule has 0 fully saturated rings. The number of fused-ring (bicyclic) bond motifs is 1. The molecule has 1 N–H and O–H groups in total. The van der Waals surface area contributed by atoms with Crippen LogP contribution in [0.3, 0.4) is 0 Å². The second-order valence-electron chi connectivity index (χ2n) is 6.57. The van der Waals surface area contributed by atoms with Crippen molar-refractivity contribution in [3.8, 4) is 0 Å². The highest BCUT2D eigenvalue weighted by molar-refractivity contribution is 9.10. The lowest BCUT2D eigenvalue weighted by atomic mass is 10.2. The van der Waals surface area contributed by atoms with Gasteiger partial charge in [0.05, 0.1) is 17.4 Å². The number of benzene rings is 1. The number of pyridine rings is 1.